The zero-order chi connectivity index (χ0) is 15.2. The van der Waals surface area contributed by atoms with E-state index in [0.29, 0.717) is 18.0 Å². The third-order valence-electron chi connectivity index (χ3n) is 3.13. The van der Waals surface area contributed by atoms with Crippen LogP contribution in [0.3, 0.4) is 0 Å². The van der Waals surface area contributed by atoms with Gasteiger partial charge in [-0.3, -0.25) is 0 Å². The molecule has 0 bridgehead atoms. The van der Waals surface area contributed by atoms with E-state index in [9.17, 15) is 4.79 Å². The number of anilines is 1. The van der Waals surface area contributed by atoms with Crippen molar-refractivity contribution in [3.63, 3.8) is 0 Å². The molecule has 20 heavy (non-hydrogen) atoms. The Morgan fingerprint density at radius 3 is 2.65 bits per heavy atom. The van der Waals surface area contributed by atoms with Crippen LogP contribution in [0.5, 0.6) is 5.75 Å². The van der Waals surface area contributed by atoms with Gasteiger partial charge in [-0.15, -0.1) is 0 Å². The first-order valence-corrected chi connectivity index (χ1v) is 6.78. The van der Waals surface area contributed by atoms with E-state index in [-0.39, 0.29) is 17.5 Å². The van der Waals surface area contributed by atoms with Gasteiger partial charge in [0.1, 0.15) is 5.75 Å². The molecule has 1 aromatic carbocycles. The van der Waals surface area contributed by atoms with Crippen LogP contribution < -0.4 is 21.1 Å². The average Bonchev–Trinajstić information content (AvgIpc) is 2.37. The SMILES string of the molecule is COc1cccc(NC(=O)NC(CCN)C(C)(C)C)c1. The van der Waals surface area contributed by atoms with Crippen molar-refractivity contribution in [1.82, 2.24) is 5.32 Å². The minimum Gasteiger partial charge on any atom is -0.497 e. The number of rotatable bonds is 5. The van der Waals surface area contributed by atoms with Crippen LogP contribution in [0.2, 0.25) is 0 Å². The molecular weight excluding hydrogens is 254 g/mol. The molecule has 0 saturated heterocycles. The number of nitrogens with two attached hydrogens (primary N) is 1. The highest BCUT2D eigenvalue weighted by molar-refractivity contribution is 5.89. The summed E-state index contributed by atoms with van der Waals surface area (Å²) >= 11 is 0. The van der Waals surface area contributed by atoms with Crippen molar-refractivity contribution in [2.75, 3.05) is 19.0 Å². The highest BCUT2D eigenvalue weighted by Gasteiger charge is 2.25. The normalized spacial score (nSPS) is 12.7. The lowest BCUT2D eigenvalue weighted by molar-refractivity contribution is 0.225. The molecule has 112 valence electrons. The van der Waals surface area contributed by atoms with Crippen molar-refractivity contribution in [3.8, 4) is 5.75 Å². The summed E-state index contributed by atoms with van der Waals surface area (Å²) in [5.74, 6) is 0.706. The summed E-state index contributed by atoms with van der Waals surface area (Å²) in [5.41, 5.74) is 6.26. The highest BCUT2D eigenvalue weighted by atomic mass is 16.5. The molecule has 0 spiro atoms. The molecule has 0 aliphatic carbocycles. The molecule has 4 N–H and O–H groups in total. The van der Waals surface area contributed by atoms with Crippen LogP contribution >= 0.6 is 0 Å². The molecule has 0 aliphatic rings. The average molecular weight is 279 g/mol. The molecule has 1 atom stereocenters. The van der Waals surface area contributed by atoms with E-state index in [1.54, 1.807) is 13.2 Å². The van der Waals surface area contributed by atoms with Crippen LogP contribution in [-0.4, -0.2) is 25.7 Å². The van der Waals surface area contributed by atoms with E-state index >= 15 is 0 Å². The van der Waals surface area contributed by atoms with Gasteiger partial charge >= 0.3 is 6.03 Å². The maximum atomic E-state index is 12.0. The van der Waals surface area contributed by atoms with E-state index in [0.717, 1.165) is 6.42 Å². The second kappa shape index (κ2) is 7.14. The van der Waals surface area contributed by atoms with Gasteiger partial charge in [-0.2, -0.15) is 0 Å². The third-order valence-corrected chi connectivity index (χ3v) is 3.13. The lowest BCUT2D eigenvalue weighted by atomic mass is 9.85. The van der Waals surface area contributed by atoms with Crippen molar-refractivity contribution >= 4 is 11.7 Å². The predicted octanol–water partition coefficient (Wildman–Crippen LogP) is 2.58. The summed E-state index contributed by atoms with van der Waals surface area (Å²) in [6.45, 7) is 6.79. The van der Waals surface area contributed by atoms with Gasteiger partial charge in [0.15, 0.2) is 0 Å². The minimum atomic E-state index is -0.230. The van der Waals surface area contributed by atoms with Crippen molar-refractivity contribution in [2.24, 2.45) is 11.1 Å². The van der Waals surface area contributed by atoms with E-state index in [1.165, 1.54) is 0 Å². The highest BCUT2D eigenvalue weighted by Crippen LogP contribution is 2.22. The number of benzene rings is 1. The summed E-state index contributed by atoms with van der Waals surface area (Å²) in [5, 5.41) is 5.78. The number of ether oxygens (including phenoxy) is 1. The molecule has 0 radical (unpaired) electrons. The van der Waals surface area contributed by atoms with Crippen LogP contribution in [0, 0.1) is 5.41 Å². The number of amides is 2. The van der Waals surface area contributed by atoms with Crippen LogP contribution in [0.15, 0.2) is 24.3 Å². The Kier molecular flexibility index (Phi) is 5.82. The largest absolute Gasteiger partial charge is 0.497 e. The molecule has 0 aromatic heterocycles. The Labute approximate surface area is 120 Å². The molecule has 0 heterocycles. The smallest absolute Gasteiger partial charge is 0.319 e. The van der Waals surface area contributed by atoms with Gasteiger partial charge in [0.05, 0.1) is 7.11 Å². The van der Waals surface area contributed by atoms with E-state index in [1.807, 2.05) is 18.2 Å². The minimum absolute atomic E-state index is 0.0260. The molecule has 0 saturated carbocycles. The molecule has 5 heteroatoms. The topological polar surface area (TPSA) is 76.4 Å². The van der Waals surface area contributed by atoms with Crippen LogP contribution in [0.1, 0.15) is 27.2 Å². The van der Waals surface area contributed by atoms with Crippen LogP contribution in [-0.2, 0) is 0 Å². The van der Waals surface area contributed by atoms with E-state index < -0.39 is 0 Å². The second-order valence-corrected chi connectivity index (χ2v) is 5.83. The molecule has 2 amide bonds. The van der Waals surface area contributed by atoms with Crippen molar-refractivity contribution in [1.29, 1.82) is 0 Å². The molecule has 0 fully saturated rings. The van der Waals surface area contributed by atoms with Gasteiger partial charge < -0.3 is 21.1 Å². The Balaban J connectivity index is 2.65. The zero-order valence-corrected chi connectivity index (χ0v) is 12.7. The fraction of sp³-hybridized carbons (Fsp3) is 0.533. The number of carbonyl (C=O) groups is 1. The van der Waals surface area contributed by atoms with Crippen molar-refractivity contribution < 1.29 is 9.53 Å². The number of nitrogens with one attached hydrogen (secondary N) is 2. The first kappa shape index (κ1) is 16.3. The molecule has 1 unspecified atom stereocenters. The van der Waals surface area contributed by atoms with Crippen LogP contribution in [0.4, 0.5) is 10.5 Å². The maximum absolute atomic E-state index is 12.0. The van der Waals surface area contributed by atoms with Crippen LogP contribution in [0.25, 0.3) is 0 Å². The first-order chi connectivity index (χ1) is 9.36. The van der Waals surface area contributed by atoms with Gasteiger partial charge in [-0.1, -0.05) is 26.8 Å². The Bertz CT molecular complexity index is 441. The molecule has 5 nitrogen and oxygen atoms in total. The fourth-order valence-corrected chi connectivity index (χ4v) is 1.91. The number of methoxy groups -OCH3 is 1. The fourth-order valence-electron chi connectivity index (χ4n) is 1.91. The predicted molar refractivity (Wildman–Crippen MR) is 82.1 cm³/mol. The van der Waals surface area contributed by atoms with Crippen molar-refractivity contribution in [3.05, 3.63) is 24.3 Å². The molecular formula is C15H25N3O2. The Hall–Kier alpha value is -1.75. The summed E-state index contributed by atoms with van der Waals surface area (Å²) in [7, 11) is 1.59. The molecule has 1 rings (SSSR count). The van der Waals surface area contributed by atoms with Gasteiger partial charge in [0.2, 0.25) is 0 Å². The number of hydrogen-bond acceptors (Lipinski definition) is 3. The number of carbonyl (C=O) groups excluding carboxylic acids is 1. The number of urea groups is 1. The summed E-state index contributed by atoms with van der Waals surface area (Å²) in [4.78, 5) is 12.0. The first-order valence-electron chi connectivity index (χ1n) is 6.78. The summed E-state index contributed by atoms with van der Waals surface area (Å²) in [6.07, 6.45) is 0.745. The van der Waals surface area contributed by atoms with Crippen molar-refractivity contribution in [2.45, 2.75) is 33.2 Å². The van der Waals surface area contributed by atoms with Gasteiger partial charge in [0.25, 0.3) is 0 Å². The Morgan fingerprint density at radius 1 is 1.40 bits per heavy atom. The number of hydrogen-bond donors (Lipinski definition) is 3. The maximum Gasteiger partial charge on any atom is 0.319 e. The lowest BCUT2D eigenvalue weighted by Crippen LogP contribution is -2.46. The summed E-state index contributed by atoms with van der Waals surface area (Å²) < 4.78 is 5.12. The zero-order valence-electron chi connectivity index (χ0n) is 12.7. The summed E-state index contributed by atoms with van der Waals surface area (Å²) in [6, 6.07) is 7.04. The van der Waals surface area contributed by atoms with E-state index in [4.69, 9.17) is 10.5 Å². The molecule has 0 aliphatic heterocycles. The quantitative estimate of drug-likeness (QED) is 0.775. The van der Waals surface area contributed by atoms with E-state index in [2.05, 4.69) is 31.4 Å². The molecule has 1 aromatic rings. The van der Waals surface area contributed by atoms with Gasteiger partial charge in [0, 0.05) is 17.8 Å². The lowest BCUT2D eigenvalue weighted by Gasteiger charge is -2.31. The monoisotopic (exact) mass is 279 g/mol. The second-order valence-electron chi connectivity index (χ2n) is 5.83. The Morgan fingerprint density at radius 2 is 2.10 bits per heavy atom. The van der Waals surface area contributed by atoms with Gasteiger partial charge in [-0.05, 0) is 30.5 Å². The standard InChI is InChI=1S/C15H25N3O2/c1-15(2,3)13(8-9-16)18-14(19)17-11-6-5-7-12(10-11)20-4/h5-7,10,13H,8-9,16H2,1-4H3,(H2,17,18,19). The third kappa shape index (κ3) is 5.09. The van der Waals surface area contributed by atoms with Gasteiger partial charge in [-0.25, -0.2) is 4.79 Å².